The molecule has 1 aromatic carbocycles. The van der Waals surface area contributed by atoms with E-state index < -0.39 is 0 Å². The summed E-state index contributed by atoms with van der Waals surface area (Å²) in [6.07, 6.45) is -0.314. The van der Waals surface area contributed by atoms with Gasteiger partial charge in [0, 0.05) is 44.8 Å². The van der Waals surface area contributed by atoms with Crippen molar-refractivity contribution in [3.05, 3.63) is 35.1 Å². The van der Waals surface area contributed by atoms with Crippen LogP contribution in [0.5, 0.6) is 0 Å². The predicted octanol–water partition coefficient (Wildman–Crippen LogP) is 1.20. The summed E-state index contributed by atoms with van der Waals surface area (Å²) in [6.45, 7) is 6.46. The van der Waals surface area contributed by atoms with Gasteiger partial charge in [-0.15, -0.1) is 0 Å². The van der Waals surface area contributed by atoms with Crippen molar-refractivity contribution in [3.63, 3.8) is 0 Å². The van der Waals surface area contributed by atoms with Gasteiger partial charge >= 0.3 is 0 Å². The van der Waals surface area contributed by atoms with Crippen LogP contribution in [0.4, 0.5) is 4.39 Å². The summed E-state index contributed by atoms with van der Waals surface area (Å²) in [6, 6.07) is 6.52. The van der Waals surface area contributed by atoms with Crippen molar-refractivity contribution in [2.45, 2.75) is 19.6 Å². The smallest absolute Gasteiger partial charge is 0.127 e. The van der Waals surface area contributed by atoms with Gasteiger partial charge in [0.15, 0.2) is 0 Å². The van der Waals surface area contributed by atoms with E-state index in [1.165, 1.54) is 12.1 Å². The first-order valence-electron chi connectivity index (χ1n) is 6.90. The molecule has 4 nitrogen and oxygen atoms in total. The van der Waals surface area contributed by atoms with Crippen molar-refractivity contribution < 1.29 is 9.50 Å². The van der Waals surface area contributed by atoms with E-state index in [-0.39, 0.29) is 11.9 Å². The summed E-state index contributed by atoms with van der Waals surface area (Å²) >= 11 is 0. The number of nitrogens with zero attached hydrogens (tertiary/aromatic N) is 3. The van der Waals surface area contributed by atoms with Crippen LogP contribution in [0.3, 0.4) is 0 Å². The second-order valence-electron chi connectivity index (χ2n) is 5.34. The molecular weight excluding hydrogens is 257 g/mol. The first-order valence-corrected chi connectivity index (χ1v) is 6.90. The predicted molar refractivity (Wildman–Crippen MR) is 74.5 cm³/mol. The third-order valence-corrected chi connectivity index (χ3v) is 3.56. The van der Waals surface area contributed by atoms with Crippen molar-refractivity contribution >= 4 is 0 Å². The van der Waals surface area contributed by atoms with E-state index in [1.807, 2.05) is 6.07 Å². The van der Waals surface area contributed by atoms with Gasteiger partial charge in [0.05, 0.1) is 17.7 Å². The Bertz CT molecular complexity index is 490. The molecule has 1 heterocycles. The number of nitriles is 1. The molecule has 0 aliphatic carbocycles. The number of piperazine rings is 1. The molecule has 0 aromatic heterocycles. The van der Waals surface area contributed by atoms with Gasteiger partial charge in [-0.2, -0.15) is 5.26 Å². The largest absolute Gasteiger partial charge is 0.392 e. The maximum atomic E-state index is 13.7. The molecule has 0 spiro atoms. The summed E-state index contributed by atoms with van der Waals surface area (Å²) in [4.78, 5) is 4.39. The number of aliphatic hydroxyl groups excluding tert-OH is 1. The topological polar surface area (TPSA) is 50.5 Å². The van der Waals surface area contributed by atoms with E-state index >= 15 is 0 Å². The number of aliphatic hydroxyl groups is 1. The molecule has 20 heavy (non-hydrogen) atoms. The van der Waals surface area contributed by atoms with E-state index in [1.54, 1.807) is 13.0 Å². The Labute approximate surface area is 119 Å². The Morgan fingerprint density at radius 3 is 2.55 bits per heavy atom. The molecule has 1 saturated heterocycles. The molecular formula is C15H20FN3O. The number of hydrogen-bond acceptors (Lipinski definition) is 4. The van der Waals surface area contributed by atoms with Gasteiger partial charge in [-0.05, 0) is 25.1 Å². The minimum atomic E-state index is -0.314. The Morgan fingerprint density at radius 1 is 1.30 bits per heavy atom. The molecule has 1 atom stereocenters. The fourth-order valence-electron chi connectivity index (χ4n) is 2.51. The van der Waals surface area contributed by atoms with Crippen LogP contribution in [-0.4, -0.2) is 53.7 Å². The van der Waals surface area contributed by atoms with Crippen molar-refractivity contribution in [1.29, 1.82) is 5.26 Å². The highest BCUT2D eigenvalue weighted by atomic mass is 19.1. The van der Waals surface area contributed by atoms with E-state index in [9.17, 15) is 9.50 Å². The Balaban J connectivity index is 1.91. The maximum Gasteiger partial charge on any atom is 0.127 e. The number of β-amino-alcohol motifs (C(OH)–C–C–N with tert-alkyl or cyclic N) is 1. The van der Waals surface area contributed by atoms with Crippen molar-refractivity contribution in [2.75, 3.05) is 32.7 Å². The number of rotatable bonds is 4. The third-order valence-electron chi connectivity index (χ3n) is 3.56. The molecule has 1 aliphatic heterocycles. The van der Waals surface area contributed by atoms with Gasteiger partial charge in [0.25, 0.3) is 0 Å². The molecule has 0 bridgehead atoms. The van der Waals surface area contributed by atoms with Crippen molar-refractivity contribution in [3.8, 4) is 6.07 Å². The van der Waals surface area contributed by atoms with Gasteiger partial charge in [0.1, 0.15) is 5.82 Å². The highest BCUT2D eigenvalue weighted by molar-refractivity contribution is 5.33. The summed E-state index contributed by atoms with van der Waals surface area (Å²) < 4.78 is 13.7. The highest BCUT2D eigenvalue weighted by Gasteiger charge is 2.19. The van der Waals surface area contributed by atoms with Crippen LogP contribution in [0.25, 0.3) is 0 Å². The fraction of sp³-hybridized carbons (Fsp3) is 0.533. The van der Waals surface area contributed by atoms with Crippen LogP contribution in [0, 0.1) is 17.1 Å². The molecule has 0 saturated carbocycles. The molecule has 1 N–H and O–H groups in total. The van der Waals surface area contributed by atoms with E-state index in [0.717, 1.165) is 26.2 Å². The molecule has 5 heteroatoms. The summed E-state index contributed by atoms with van der Waals surface area (Å²) in [5.41, 5.74) is 1.07. The molecule has 0 unspecified atom stereocenters. The monoisotopic (exact) mass is 277 g/mol. The third kappa shape index (κ3) is 4.01. The average Bonchev–Trinajstić information content (AvgIpc) is 2.43. The minimum absolute atomic E-state index is 0.254. The van der Waals surface area contributed by atoms with Crippen molar-refractivity contribution in [2.24, 2.45) is 0 Å². The van der Waals surface area contributed by atoms with Crippen LogP contribution in [0.2, 0.25) is 0 Å². The highest BCUT2D eigenvalue weighted by Crippen LogP contribution is 2.14. The quantitative estimate of drug-likeness (QED) is 0.898. The van der Waals surface area contributed by atoms with Crippen LogP contribution in [-0.2, 0) is 6.54 Å². The van der Waals surface area contributed by atoms with Gasteiger partial charge < -0.3 is 5.11 Å². The fourth-order valence-corrected chi connectivity index (χ4v) is 2.51. The second-order valence-corrected chi connectivity index (χ2v) is 5.34. The number of halogens is 1. The van der Waals surface area contributed by atoms with Crippen LogP contribution < -0.4 is 0 Å². The lowest BCUT2D eigenvalue weighted by Gasteiger charge is -2.35. The standard InChI is InChI=1S/C15H20FN3O/c1-12(20)10-18-4-6-19(7-5-18)11-14-8-13(9-17)2-3-15(14)16/h2-3,8,12,20H,4-7,10-11H2,1H3/t12-/m1/s1. The van der Waals surface area contributed by atoms with Gasteiger partial charge in [-0.25, -0.2) is 4.39 Å². The lowest BCUT2D eigenvalue weighted by Crippen LogP contribution is -2.47. The summed E-state index contributed by atoms with van der Waals surface area (Å²) in [5.74, 6) is -0.254. The molecule has 1 aromatic rings. The zero-order chi connectivity index (χ0) is 14.5. The summed E-state index contributed by atoms with van der Waals surface area (Å²) in [7, 11) is 0. The Kier molecular flexibility index (Phi) is 5.07. The average molecular weight is 277 g/mol. The normalized spacial score (nSPS) is 18.7. The summed E-state index contributed by atoms with van der Waals surface area (Å²) in [5, 5.41) is 18.2. The first kappa shape index (κ1) is 14.9. The van der Waals surface area contributed by atoms with Crippen molar-refractivity contribution in [1.82, 2.24) is 9.80 Å². The number of benzene rings is 1. The molecule has 108 valence electrons. The van der Waals surface area contributed by atoms with Gasteiger partial charge in [-0.3, -0.25) is 9.80 Å². The Hall–Kier alpha value is -1.48. The van der Waals surface area contributed by atoms with Crippen LogP contribution in [0.1, 0.15) is 18.1 Å². The lowest BCUT2D eigenvalue weighted by molar-refractivity contribution is 0.0777. The second kappa shape index (κ2) is 6.80. The molecule has 2 rings (SSSR count). The number of hydrogen-bond donors (Lipinski definition) is 1. The molecule has 0 amide bonds. The molecule has 1 aliphatic rings. The Morgan fingerprint density at radius 2 is 1.95 bits per heavy atom. The minimum Gasteiger partial charge on any atom is -0.392 e. The maximum absolute atomic E-state index is 13.7. The van der Waals surface area contributed by atoms with Crippen LogP contribution >= 0.6 is 0 Å². The molecule has 0 radical (unpaired) electrons. The zero-order valence-electron chi connectivity index (χ0n) is 11.7. The van der Waals surface area contributed by atoms with E-state index in [0.29, 0.717) is 24.2 Å². The van der Waals surface area contributed by atoms with E-state index in [2.05, 4.69) is 9.80 Å². The molecule has 1 fully saturated rings. The van der Waals surface area contributed by atoms with Gasteiger partial charge in [-0.1, -0.05) is 0 Å². The first-order chi connectivity index (χ1) is 9.58. The van der Waals surface area contributed by atoms with Crippen LogP contribution in [0.15, 0.2) is 18.2 Å². The lowest BCUT2D eigenvalue weighted by atomic mass is 10.1. The van der Waals surface area contributed by atoms with Gasteiger partial charge in [0.2, 0.25) is 0 Å². The SMILES string of the molecule is C[C@@H](O)CN1CCN(Cc2cc(C#N)ccc2F)CC1. The van der Waals surface area contributed by atoms with E-state index in [4.69, 9.17) is 5.26 Å². The zero-order valence-corrected chi connectivity index (χ0v) is 11.7.